The Kier molecular flexibility index (Phi) is 8.66. The third-order valence-electron chi connectivity index (χ3n) is 6.81. The SMILES string of the molecule is Cc1c(/C=C2/SC(=S)N(CCCC(=O)O)C2=O)c(N2CCN(Cc3ccccc3)CC2)n(C)c(=O)c1C#N. The van der Waals surface area contributed by atoms with Crippen molar-refractivity contribution in [3.63, 3.8) is 0 Å². The number of benzene rings is 1. The number of thioether (sulfide) groups is 1. The Balaban J connectivity index is 1.63. The number of anilines is 1. The van der Waals surface area contributed by atoms with Gasteiger partial charge in [-0.05, 0) is 30.5 Å². The highest BCUT2D eigenvalue weighted by atomic mass is 32.2. The summed E-state index contributed by atoms with van der Waals surface area (Å²) in [5.41, 5.74) is 2.08. The number of hydrogen-bond acceptors (Lipinski definition) is 8. The lowest BCUT2D eigenvalue weighted by Crippen LogP contribution is -2.48. The molecule has 1 N–H and O–H groups in total. The zero-order valence-corrected chi connectivity index (χ0v) is 23.0. The lowest BCUT2D eigenvalue weighted by atomic mass is 10.0. The first kappa shape index (κ1) is 27.6. The number of nitriles is 1. The second kappa shape index (κ2) is 11.9. The maximum Gasteiger partial charge on any atom is 0.303 e. The highest BCUT2D eigenvalue weighted by molar-refractivity contribution is 8.26. The van der Waals surface area contributed by atoms with Crippen LogP contribution in [0.15, 0.2) is 40.0 Å². The number of piperazine rings is 1. The summed E-state index contributed by atoms with van der Waals surface area (Å²) in [7, 11) is 1.66. The van der Waals surface area contributed by atoms with Gasteiger partial charge in [-0.2, -0.15) is 5.26 Å². The number of pyridine rings is 1. The van der Waals surface area contributed by atoms with Crippen molar-refractivity contribution in [2.24, 2.45) is 7.05 Å². The Morgan fingerprint density at radius 2 is 1.87 bits per heavy atom. The van der Waals surface area contributed by atoms with Gasteiger partial charge >= 0.3 is 5.97 Å². The fraction of sp³-hybridized carbons (Fsp3) is 0.370. The van der Waals surface area contributed by atoms with Gasteiger partial charge < -0.3 is 10.0 Å². The molecule has 38 heavy (non-hydrogen) atoms. The van der Waals surface area contributed by atoms with Crippen LogP contribution in [0.5, 0.6) is 0 Å². The number of carboxylic acids is 1. The van der Waals surface area contributed by atoms with Gasteiger partial charge in [-0.1, -0.05) is 54.3 Å². The second-order valence-electron chi connectivity index (χ2n) is 9.29. The van der Waals surface area contributed by atoms with Gasteiger partial charge in [0.1, 0.15) is 21.8 Å². The summed E-state index contributed by atoms with van der Waals surface area (Å²) in [6, 6.07) is 12.3. The Hall–Kier alpha value is -3.46. The van der Waals surface area contributed by atoms with E-state index in [0.29, 0.717) is 45.7 Å². The minimum Gasteiger partial charge on any atom is -0.481 e. The summed E-state index contributed by atoms with van der Waals surface area (Å²) in [5.74, 6) is -0.554. The highest BCUT2D eigenvalue weighted by Crippen LogP contribution is 2.36. The van der Waals surface area contributed by atoms with Crippen molar-refractivity contribution in [3.05, 3.63) is 67.8 Å². The number of thiocarbonyl (C=S) groups is 1. The molecule has 2 aliphatic heterocycles. The van der Waals surface area contributed by atoms with Crippen LogP contribution in [-0.4, -0.2) is 68.4 Å². The average molecular weight is 552 g/mol. The summed E-state index contributed by atoms with van der Waals surface area (Å²) in [5, 5.41) is 18.6. The van der Waals surface area contributed by atoms with E-state index in [2.05, 4.69) is 21.9 Å². The molecule has 198 valence electrons. The van der Waals surface area contributed by atoms with E-state index in [-0.39, 0.29) is 30.0 Å². The Bertz CT molecular complexity index is 1390. The van der Waals surface area contributed by atoms with Crippen LogP contribution in [0.4, 0.5) is 5.82 Å². The maximum atomic E-state index is 13.2. The molecule has 1 amide bonds. The molecule has 0 spiro atoms. The third kappa shape index (κ3) is 5.83. The predicted octanol–water partition coefficient (Wildman–Crippen LogP) is 2.95. The van der Waals surface area contributed by atoms with E-state index >= 15 is 0 Å². The molecule has 0 atom stereocenters. The normalized spacial score (nSPS) is 17.3. The molecule has 0 saturated carbocycles. The summed E-state index contributed by atoms with van der Waals surface area (Å²) in [6.45, 7) is 5.76. The average Bonchev–Trinajstić information content (AvgIpc) is 3.16. The van der Waals surface area contributed by atoms with Crippen molar-refractivity contribution >= 4 is 52.1 Å². The number of hydrogen-bond donors (Lipinski definition) is 1. The minimum atomic E-state index is -0.927. The van der Waals surface area contributed by atoms with Gasteiger partial charge in [-0.15, -0.1) is 0 Å². The van der Waals surface area contributed by atoms with Crippen molar-refractivity contribution in [3.8, 4) is 6.07 Å². The third-order valence-corrected chi connectivity index (χ3v) is 8.19. The molecular formula is C27H29N5O4S2. The van der Waals surface area contributed by atoms with E-state index in [1.807, 2.05) is 24.3 Å². The minimum absolute atomic E-state index is 0.0437. The van der Waals surface area contributed by atoms with Crippen molar-refractivity contribution in [2.45, 2.75) is 26.3 Å². The lowest BCUT2D eigenvalue weighted by molar-refractivity contribution is -0.137. The zero-order valence-electron chi connectivity index (χ0n) is 21.3. The van der Waals surface area contributed by atoms with Crippen LogP contribution in [-0.2, 0) is 23.2 Å². The first-order valence-corrected chi connectivity index (χ1v) is 13.6. The van der Waals surface area contributed by atoms with Crippen molar-refractivity contribution in [2.75, 3.05) is 37.6 Å². The monoisotopic (exact) mass is 551 g/mol. The van der Waals surface area contributed by atoms with Gasteiger partial charge in [0, 0.05) is 58.3 Å². The standard InChI is InChI=1S/C27H29N5O4S2/c1-18-20(15-22-26(36)32(27(37)38-22)10-6-9-23(33)34)24(29(2)25(35)21(18)16-28)31-13-11-30(12-14-31)17-19-7-4-3-5-8-19/h3-5,7-8,15H,6,9-14,17H2,1-2H3,(H,33,34)/b22-15+. The Morgan fingerprint density at radius 3 is 2.50 bits per heavy atom. The molecule has 9 nitrogen and oxygen atoms in total. The summed E-state index contributed by atoms with van der Waals surface area (Å²) in [6.07, 6.45) is 1.96. The molecule has 2 aliphatic rings. The predicted molar refractivity (Wildman–Crippen MR) is 152 cm³/mol. The quantitative estimate of drug-likeness (QED) is 0.391. The van der Waals surface area contributed by atoms with Crippen LogP contribution in [0.2, 0.25) is 0 Å². The number of carbonyl (C=O) groups excluding carboxylic acids is 1. The van der Waals surface area contributed by atoms with Crippen LogP contribution in [0, 0.1) is 18.3 Å². The smallest absolute Gasteiger partial charge is 0.303 e. The van der Waals surface area contributed by atoms with Gasteiger partial charge in [0.15, 0.2) is 0 Å². The summed E-state index contributed by atoms with van der Waals surface area (Å²) < 4.78 is 1.86. The largest absolute Gasteiger partial charge is 0.481 e. The molecule has 1 aromatic heterocycles. The molecule has 0 bridgehead atoms. The van der Waals surface area contributed by atoms with Crippen LogP contribution in [0.3, 0.4) is 0 Å². The molecule has 4 rings (SSSR count). The number of aliphatic carboxylic acids is 1. The number of carboxylic acid groups (broad SMARTS) is 1. The van der Waals surface area contributed by atoms with Crippen molar-refractivity contribution < 1.29 is 14.7 Å². The fourth-order valence-corrected chi connectivity index (χ4v) is 6.06. The van der Waals surface area contributed by atoms with Crippen molar-refractivity contribution in [1.29, 1.82) is 5.26 Å². The molecular weight excluding hydrogens is 522 g/mol. The molecule has 0 aliphatic carbocycles. The summed E-state index contributed by atoms with van der Waals surface area (Å²) in [4.78, 5) is 43.4. The Morgan fingerprint density at radius 1 is 1.18 bits per heavy atom. The second-order valence-corrected chi connectivity index (χ2v) is 11.0. The lowest BCUT2D eigenvalue weighted by Gasteiger charge is -2.37. The van der Waals surface area contributed by atoms with Crippen LogP contribution >= 0.6 is 24.0 Å². The van der Waals surface area contributed by atoms with E-state index in [1.165, 1.54) is 15.0 Å². The van der Waals surface area contributed by atoms with Gasteiger partial charge in [0.2, 0.25) is 0 Å². The van der Waals surface area contributed by atoms with Crippen LogP contribution < -0.4 is 10.5 Å². The van der Waals surface area contributed by atoms with Gasteiger partial charge in [0.25, 0.3) is 11.5 Å². The maximum absolute atomic E-state index is 13.2. The van der Waals surface area contributed by atoms with E-state index < -0.39 is 5.97 Å². The number of nitrogens with zero attached hydrogens (tertiary/aromatic N) is 5. The molecule has 0 radical (unpaired) electrons. The molecule has 2 fully saturated rings. The van der Waals surface area contributed by atoms with E-state index in [0.717, 1.165) is 31.4 Å². The molecule has 2 saturated heterocycles. The topological polar surface area (TPSA) is 110 Å². The molecule has 0 unspecified atom stereocenters. The molecule has 11 heteroatoms. The van der Waals surface area contributed by atoms with E-state index in [4.69, 9.17) is 17.3 Å². The number of aromatic nitrogens is 1. The fourth-order valence-electron chi connectivity index (χ4n) is 4.77. The molecule has 1 aromatic carbocycles. The van der Waals surface area contributed by atoms with E-state index in [1.54, 1.807) is 20.0 Å². The number of amides is 1. The van der Waals surface area contributed by atoms with Gasteiger partial charge in [-0.3, -0.25) is 28.8 Å². The van der Waals surface area contributed by atoms with Crippen LogP contribution in [0.25, 0.3) is 6.08 Å². The first-order chi connectivity index (χ1) is 18.2. The first-order valence-electron chi connectivity index (χ1n) is 12.3. The van der Waals surface area contributed by atoms with Gasteiger partial charge in [0.05, 0.1) is 4.91 Å². The number of carbonyl (C=O) groups is 2. The number of rotatable bonds is 8. The zero-order chi connectivity index (χ0) is 27.4. The highest BCUT2D eigenvalue weighted by Gasteiger charge is 2.33. The van der Waals surface area contributed by atoms with Crippen LogP contribution in [0.1, 0.15) is 35.1 Å². The summed E-state index contributed by atoms with van der Waals surface area (Å²) >= 11 is 6.55. The van der Waals surface area contributed by atoms with Crippen molar-refractivity contribution in [1.82, 2.24) is 14.4 Å². The van der Waals surface area contributed by atoms with E-state index in [9.17, 15) is 19.6 Å². The van der Waals surface area contributed by atoms with Gasteiger partial charge in [-0.25, -0.2) is 0 Å². The molecule has 3 heterocycles. The molecule has 2 aromatic rings. The Labute approximate surface area is 230 Å².